The number of esters is 1. The number of fused-ring (bicyclic) bond motifs is 2. The molecule has 6 rings (SSSR count). The molecule has 2 aliphatic heterocycles. The van der Waals surface area contributed by atoms with Crippen molar-refractivity contribution in [3.63, 3.8) is 0 Å². The molecular formula is C28H31N3O4. The molecule has 7 heteroatoms. The largest absolute Gasteiger partial charge is 0.465 e. The van der Waals surface area contributed by atoms with E-state index < -0.39 is 0 Å². The molecule has 182 valence electrons. The van der Waals surface area contributed by atoms with E-state index in [0.29, 0.717) is 30.2 Å². The topological polar surface area (TPSA) is 77.7 Å². The van der Waals surface area contributed by atoms with Crippen LogP contribution in [0.4, 0.5) is 5.82 Å². The smallest absolute Gasteiger partial charge is 0.339 e. The SMILES string of the molecule is COC(=O)c1cnc(N2C3CC[C@H]2CC(OCc2c(-c4ccccc4)noc2C2CC2)C3)c(C)c1. The molecule has 3 aliphatic rings. The van der Waals surface area contributed by atoms with Gasteiger partial charge in [-0.3, -0.25) is 0 Å². The van der Waals surface area contributed by atoms with Crippen LogP contribution in [0.15, 0.2) is 47.1 Å². The summed E-state index contributed by atoms with van der Waals surface area (Å²) in [6.45, 7) is 2.56. The van der Waals surface area contributed by atoms with Crippen LogP contribution in [0.2, 0.25) is 0 Å². The number of carbonyl (C=O) groups is 1. The molecule has 7 nitrogen and oxygen atoms in total. The predicted octanol–water partition coefficient (Wildman–Crippen LogP) is 5.43. The highest BCUT2D eigenvalue weighted by Gasteiger charge is 2.42. The molecule has 4 heterocycles. The summed E-state index contributed by atoms with van der Waals surface area (Å²) in [5.41, 5.74) is 4.61. The highest BCUT2D eigenvalue weighted by Crippen LogP contribution is 2.45. The van der Waals surface area contributed by atoms with Crippen LogP contribution in [-0.2, 0) is 16.1 Å². The Morgan fingerprint density at radius 2 is 1.86 bits per heavy atom. The number of hydrogen-bond acceptors (Lipinski definition) is 7. The van der Waals surface area contributed by atoms with Crippen LogP contribution in [0.1, 0.15) is 71.7 Å². The lowest BCUT2D eigenvalue weighted by molar-refractivity contribution is 0.0145. The summed E-state index contributed by atoms with van der Waals surface area (Å²) in [6.07, 6.45) is 8.39. The second-order valence-electron chi connectivity index (χ2n) is 10.1. The van der Waals surface area contributed by atoms with Crippen molar-refractivity contribution in [3.05, 3.63) is 65.0 Å². The summed E-state index contributed by atoms with van der Waals surface area (Å²) in [6, 6.07) is 12.9. The zero-order chi connectivity index (χ0) is 23.9. The minimum absolute atomic E-state index is 0.198. The summed E-state index contributed by atoms with van der Waals surface area (Å²) in [5.74, 6) is 2.12. The van der Waals surface area contributed by atoms with E-state index in [0.717, 1.165) is 59.6 Å². The van der Waals surface area contributed by atoms with E-state index in [-0.39, 0.29) is 12.1 Å². The number of carbonyl (C=O) groups excluding carboxylic acids is 1. The van der Waals surface area contributed by atoms with Gasteiger partial charge in [0.25, 0.3) is 0 Å². The standard InChI is InChI=1S/C28H31N3O4/c1-17-12-20(28(32)33-2)15-29-27(17)31-21-10-11-22(31)14-23(13-21)34-16-24-25(18-6-4-3-5-7-18)30-35-26(24)19-8-9-19/h3-7,12,15,19,21-23H,8-11,13-14,16H2,1-2H3/t21-,22?,23?/m0/s1. The Balaban J connectivity index is 1.17. The van der Waals surface area contributed by atoms with Crippen molar-refractivity contribution in [2.45, 2.75) is 76.2 Å². The van der Waals surface area contributed by atoms with E-state index in [2.05, 4.69) is 27.2 Å². The Bertz CT molecular complexity index is 1210. The number of nitrogens with zero attached hydrogens (tertiary/aromatic N) is 3. The number of anilines is 1. The molecule has 0 amide bonds. The Kier molecular flexibility index (Phi) is 5.80. The lowest BCUT2D eigenvalue weighted by Gasteiger charge is -2.40. The maximum atomic E-state index is 11.9. The van der Waals surface area contributed by atoms with Crippen LogP contribution >= 0.6 is 0 Å². The van der Waals surface area contributed by atoms with Crippen LogP contribution in [-0.4, -0.2) is 41.4 Å². The van der Waals surface area contributed by atoms with Gasteiger partial charge in [0.2, 0.25) is 0 Å². The van der Waals surface area contributed by atoms with E-state index in [1.807, 2.05) is 31.2 Å². The fourth-order valence-electron chi connectivity index (χ4n) is 5.83. The predicted molar refractivity (Wildman–Crippen MR) is 131 cm³/mol. The van der Waals surface area contributed by atoms with Crippen molar-refractivity contribution in [2.75, 3.05) is 12.0 Å². The summed E-state index contributed by atoms with van der Waals surface area (Å²) >= 11 is 0. The number of methoxy groups -OCH3 is 1. The molecule has 1 aromatic carbocycles. The average Bonchev–Trinajstić information content (AvgIpc) is 3.59. The van der Waals surface area contributed by atoms with Gasteiger partial charge in [-0.2, -0.15) is 0 Å². The van der Waals surface area contributed by atoms with Gasteiger partial charge >= 0.3 is 5.97 Å². The molecule has 2 unspecified atom stereocenters. The number of ether oxygens (including phenoxy) is 2. The Hall–Kier alpha value is -3.19. The number of hydrogen-bond donors (Lipinski definition) is 0. The van der Waals surface area contributed by atoms with Crippen molar-refractivity contribution < 1.29 is 18.8 Å². The number of benzene rings is 1. The molecule has 1 saturated carbocycles. The van der Waals surface area contributed by atoms with Crippen molar-refractivity contribution >= 4 is 11.8 Å². The van der Waals surface area contributed by atoms with E-state index >= 15 is 0 Å². The summed E-state index contributed by atoms with van der Waals surface area (Å²) in [4.78, 5) is 19.0. The molecule has 3 fully saturated rings. The van der Waals surface area contributed by atoms with Gasteiger partial charge < -0.3 is 18.9 Å². The zero-order valence-corrected chi connectivity index (χ0v) is 20.3. The highest BCUT2D eigenvalue weighted by molar-refractivity contribution is 5.89. The zero-order valence-electron chi connectivity index (χ0n) is 20.3. The summed E-state index contributed by atoms with van der Waals surface area (Å²) in [7, 11) is 1.40. The molecule has 3 atom stereocenters. The lowest BCUT2D eigenvalue weighted by Crippen LogP contribution is -2.46. The number of pyridine rings is 1. The molecule has 3 aromatic rings. The van der Waals surface area contributed by atoms with Gasteiger partial charge in [-0.05, 0) is 57.1 Å². The minimum atomic E-state index is -0.351. The van der Waals surface area contributed by atoms with Crippen LogP contribution in [0.5, 0.6) is 0 Å². The molecule has 2 bridgehead atoms. The van der Waals surface area contributed by atoms with Crippen LogP contribution in [0, 0.1) is 6.92 Å². The molecule has 35 heavy (non-hydrogen) atoms. The third kappa shape index (κ3) is 4.22. The Morgan fingerprint density at radius 3 is 2.51 bits per heavy atom. The molecule has 0 N–H and O–H groups in total. The van der Waals surface area contributed by atoms with Gasteiger partial charge in [0.05, 0.1) is 25.4 Å². The van der Waals surface area contributed by atoms with Crippen molar-refractivity contribution in [3.8, 4) is 11.3 Å². The summed E-state index contributed by atoms with van der Waals surface area (Å²) < 4.78 is 17.2. The molecule has 2 saturated heterocycles. The average molecular weight is 474 g/mol. The minimum Gasteiger partial charge on any atom is -0.465 e. The van der Waals surface area contributed by atoms with Gasteiger partial charge in [-0.25, -0.2) is 9.78 Å². The van der Waals surface area contributed by atoms with Crippen molar-refractivity contribution in [1.82, 2.24) is 10.1 Å². The second-order valence-corrected chi connectivity index (χ2v) is 10.1. The third-order valence-corrected chi connectivity index (χ3v) is 7.68. The first-order valence-electron chi connectivity index (χ1n) is 12.6. The molecule has 0 spiro atoms. The second kappa shape index (κ2) is 9.11. The maximum absolute atomic E-state index is 11.9. The fourth-order valence-corrected chi connectivity index (χ4v) is 5.83. The van der Waals surface area contributed by atoms with E-state index in [1.54, 1.807) is 6.20 Å². The Labute approximate surface area is 205 Å². The fraction of sp³-hybridized carbons (Fsp3) is 0.464. The normalized spacial score (nSPS) is 23.5. The number of aromatic nitrogens is 2. The van der Waals surface area contributed by atoms with Gasteiger partial charge in [0.15, 0.2) is 0 Å². The Morgan fingerprint density at radius 1 is 1.11 bits per heavy atom. The van der Waals surface area contributed by atoms with Crippen LogP contribution < -0.4 is 4.90 Å². The first-order chi connectivity index (χ1) is 17.1. The highest BCUT2D eigenvalue weighted by atomic mass is 16.5. The third-order valence-electron chi connectivity index (χ3n) is 7.68. The van der Waals surface area contributed by atoms with Crippen molar-refractivity contribution in [2.24, 2.45) is 0 Å². The van der Waals surface area contributed by atoms with Gasteiger partial charge in [-0.15, -0.1) is 0 Å². The van der Waals surface area contributed by atoms with E-state index in [1.165, 1.54) is 20.0 Å². The number of rotatable bonds is 7. The molecule has 1 aliphatic carbocycles. The quantitative estimate of drug-likeness (QED) is 0.424. The summed E-state index contributed by atoms with van der Waals surface area (Å²) in [5, 5.41) is 4.44. The van der Waals surface area contributed by atoms with Crippen molar-refractivity contribution in [1.29, 1.82) is 0 Å². The van der Waals surface area contributed by atoms with Gasteiger partial charge in [0, 0.05) is 35.3 Å². The number of piperidine rings is 1. The monoisotopic (exact) mass is 473 g/mol. The maximum Gasteiger partial charge on any atom is 0.339 e. The molecule has 0 radical (unpaired) electrons. The van der Waals surface area contributed by atoms with Crippen LogP contribution in [0.25, 0.3) is 11.3 Å². The first-order valence-corrected chi connectivity index (χ1v) is 12.6. The molecule has 2 aromatic heterocycles. The van der Waals surface area contributed by atoms with Gasteiger partial charge in [-0.1, -0.05) is 35.5 Å². The number of aryl methyl sites for hydroxylation is 1. The van der Waals surface area contributed by atoms with Crippen LogP contribution in [0.3, 0.4) is 0 Å². The van der Waals surface area contributed by atoms with E-state index in [4.69, 9.17) is 14.0 Å². The van der Waals surface area contributed by atoms with Gasteiger partial charge in [0.1, 0.15) is 17.3 Å². The first kappa shape index (κ1) is 22.3. The van der Waals surface area contributed by atoms with E-state index in [9.17, 15) is 4.79 Å². The lowest BCUT2D eigenvalue weighted by atomic mass is 9.98. The molecular weight excluding hydrogens is 442 g/mol.